The van der Waals surface area contributed by atoms with Crippen molar-refractivity contribution in [3.05, 3.63) is 57.0 Å². The number of rotatable bonds is 5. The fraction of sp³-hybridized carbons (Fsp3) is 0.375. The molecular formula is C16H21N3O2. The number of nitrogens with two attached hydrogens (primary N) is 1. The molecule has 0 bridgehead atoms. The van der Waals surface area contributed by atoms with Gasteiger partial charge in [0.25, 0.3) is 5.56 Å². The molecule has 1 heterocycles. The fourth-order valence-electron chi connectivity index (χ4n) is 2.40. The smallest absolute Gasteiger partial charge is 0.270 e. The largest absolute Gasteiger partial charge is 0.490 e. The molecule has 5 heteroatoms. The Labute approximate surface area is 124 Å². The predicted octanol–water partition coefficient (Wildman–Crippen LogP) is 1.55. The zero-order chi connectivity index (χ0) is 15.4. The molecule has 0 fully saturated rings. The summed E-state index contributed by atoms with van der Waals surface area (Å²) in [6.45, 7) is 7.43. The van der Waals surface area contributed by atoms with Crippen molar-refractivity contribution in [2.24, 2.45) is 5.73 Å². The highest BCUT2D eigenvalue weighted by molar-refractivity contribution is 5.37. The van der Waals surface area contributed by atoms with Gasteiger partial charge in [0.05, 0.1) is 12.7 Å². The molecule has 0 atom stereocenters. The van der Waals surface area contributed by atoms with Gasteiger partial charge in [-0.2, -0.15) is 5.10 Å². The van der Waals surface area contributed by atoms with E-state index in [1.54, 1.807) is 6.20 Å². The number of nitrogens with zero attached hydrogens (tertiary/aromatic N) is 2. The van der Waals surface area contributed by atoms with Crippen LogP contribution in [0.2, 0.25) is 0 Å². The third-order valence-corrected chi connectivity index (χ3v) is 3.38. The first kappa shape index (κ1) is 15.3. The van der Waals surface area contributed by atoms with E-state index >= 15 is 0 Å². The van der Waals surface area contributed by atoms with Crippen molar-refractivity contribution >= 4 is 0 Å². The lowest BCUT2D eigenvalue weighted by Gasteiger charge is -2.12. The van der Waals surface area contributed by atoms with Gasteiger partial charge in [-0.25, -0.2) is 4.68 Å². The first-order valence-electron chi connectivity index (χ1n) is 6.98. The van der Waals surface area contributed by atoms with Gasteiger partial charge in [-0.15, -0.1) is 0 Å². The molecule has 0 saturated heterocycles. The minimum absolute atomic E-state index is 0.177. The van der Waals surface area contributed by atoms with E-state index in [-0.39, 0.29) is 5.56 Å². The van der Waals surface area contributed by atoms with Crippen molar-refractivity contribution in [3.63, 3.8) is 0 Å². The van der Waals surface area contributed by atoms with Crippen LogP contribution >= 0.6 is 0 Å². The van der Waals surface area contributed by atoms with Gasteiger partial charge in [0.1, 0.15) is 12.4 Å². The summed E-state index contributed by atoms with van der Waals surface area (Å²) in [5.74, 6) is 0.457. The summed E-state index contributed by atoms with van der Waals surface area (Å²) in [5, 5.41) is 4.17. The predicted molar refractivity (Wildman–Crippen MR) is 82.8 cm³/mol. The monoisotopic (exact) mass is 287 g/mol. The number of hydrogen-bond donors (Lipinski definition) is 1. The normalized spacial score (nSPS) is 10.7. The van der Waals surface area contributed by atoms with E-state index in [4.69, 9.17) is 10.5 Å². The minimum atomic E-state index is -0.177. The van der Waals surface area contributed by atoms with E-state index in [0.717, 1.165) is 5.56 Å². The Morgan fingerprint density at radius 2 is 1.86 bits per heavy atom. The third kappa shape index (κ3) is 3.70. The van der Waals surface area contributed by atoms with Crippen molar-refractivity contribution in [2.75, 3.05) is 13.2 Å². The van der Waals surface area contributed by atoms with Crippen molar-refractivity contribution in [2.45, 2.75) is 27.3 Å². The molecular weight excluding hydrogens is 266 g/mol. The summed E-state index contributed by atoms with van der Waals surface area (Å²) in [4.78, 5) is 12.1. The van der Waals surface area contributed by atoms with Gasteiger partial charge in [-0.3, -0.25) is 4.79 Å². The molecule has 1 aromatic heterocycles. The molecule has 2 N–H and O–H groups in total. The Kier molecular flexibility index (Phi) is 4.75. The molecule has 5 nitrogen and oxygen atoms in total. The van der Waals surface area contributed by atoms with Crippen LogP contribution in [0.15, 0.2) is 29.2 Å². The lowest BCUT2D eigenvalue weighted by atomic mass is 10.00. The van der Waals surface area contributed by atoms with Gasteiger partial charge in [0.15, 0.2) is 0 Å². The van der Waals surface area contributed by atoms with Gasteiger partial charge in [0, 0.05) is 12.6 Å². The Bertz CT molecular complexity index is 669. The van der Waals surface area contributed by atoms with Crippen LogP contribution in [0.25, 0.3) is 0 Å². The minimum Gasteiger partial charge on any atom is -0.490 e. The number of benzene rings is 1. The summed E-state index contributed by atoms with van der Waals surface area (Å²) < 4.78 is 6.75. The molecule has 0 aliphatic heterocycles. The summed E-state index contributed by atoms with van der Waals surface area (Å²) in [6, 6.07) is 5.68. The molecule has 112 valence electrons. The zero-order valence-electron chi connectivity index (χ0n) is 12.7. The maximum Gasteiger partial charge on any atom is 0.270 e. The van der Waals surface area contributed by atoms with E-state index < -0.39 is 0 Å². The van der Waals surface area contributed by atoms with Crippen molar-refractivity contribution < 1.29 is 4.74 Å². The summed E-state index contributed by atoms with van der Waals surface area (Å²) in [5.41, 5.74) is 9.88. The quantitative estimate of drug-likeness (QED) is 0.906. The first-order valence-corrected chi connectivity index (χ1v) is 6.98. The van der Waals surface area contributed by atoms with Crippen LogP contribution in [0.1, 0.15) is 22.3 Å². The van der Waals surface area contributed by atoms with Crippen molar-refractivity contribution in [3.8, 4) is 5.75 Å². The average Bonchev–Trinajstić information content (AvgIpc) is 2.42. The maximum absolute atomic E-state index is 12.1. The summed E-state index contributed by atoms with van der Waals surface area (Å²) >= 11 is 0. The molecule has 1 aromatic carbocycles. The SMILES string of the molecule is Cc1cc(C)c(Cn2ncc(OCCN)cc2=O)c(C)c1. The van der Waals surface area contributed by atoms with E-state index in [0.29, 0.717) is 25.4 Å². The molecule has 0 saturated carbocycles. The van der Waals surface area contributed by atoms with Crippen LogP contribution in [0.4, 0.5) is 0 Å². The van der Waals surface area contributed by atoms with E-state index in [2.05, 4.69) is 38.0 Å². The Hall–Kier alpha value is -2.14. The lowest BCUT2D eigenvalue weighted by molar-refractivity contribution is 0.324. The van der Waals surface area contributed by atoms with Gasteiger partial charge >= 0.3 is 0 Å². The molecule has 0 unspecified atom stereocenters. The lowest BCUT2D eigenvalue weighted by Crippen LogP contribution is -2.24. The van der Waals surface area contributed by atoms with E-state index in [1.807, 2.05) is 0 Å². The number of aryl methyl sites for hydroxylation is 3. The van der Waals surface area contributed by atoms with Crippen LogP contribution in [0.5, 0.6) is 5.75 Å². The van der Waals surface area contributed by atoms with Gasteiger partial charge in [0.2, 0.25) is 0 Å². The summed E-state index contributed by atoms with van der Waals surface area (Å²) in [7, 11) is 0. The fourth-order valence-corrected chi connectivity index (χ4v) is 2.40. The Balaban J connectivity index is 2.26. The number of aromatic nitrogens is 2. The Morgan fingerprint density at radius 1 is 1.19 bits per heavy atom. The maximum atomic E-state index is 12.1. The number of ether oxygens (including phenoxy) is 1. The number of hydrogen-bond acceptors (Lipinski definition) is 4. The highest BCUT2D eigenvalue weighted by Crippen LogP contribution is 2.17. The molecule has 2 aromatic rings. The second-order valence-electron chi connectivity index (χ2n) is 5.20. The molecule has 0 radical (unpaired) electrons. The zero-order valence-corrected chi connectivity index (χ0v) is 12.7. The van der Waals surface area contributed by atoms with Crippen molar-refractivity contribution in [1.29, 1.82) is 0 Å². The first-order chi connectivity index (χ1) is 10.0. The van der Waals surface area contributed by atoms with Crippen LogP contribution < -0.4 is 16.0 Å². The third-order valence-electron chi connectivity index (χ3n) is 3.38. The van der Waals surface area contributed by atoms with Gasteiger partial charge in [-0.1, -0.05) is 17.7 Å². The van der Waals surface area contributed by atoms with Crippen LogP contribution in [0.3, 0.4) is 0 Å². The van der Waals surface area contributed by atoms with Gasteiger partial charge in [-0.05, 0) is 37.5 Å². The van der Waals surface area contributed by atoms with Crippen molar-refractivity contribution in [1.82, 2.24) is 9.78 Å². The molecule has 0 spiro atoms. The molecule has 0 aliphatic rings. The second-order valence-corrected chi connectivity index (χ2v) is 5.20. The molecule has 0 aliphatic carbocycles. The standard InChI is InChI=1S/C16H21N3O2/c1-11-6-12(2)15(13(3)7-11)10-19-16(20)8-14(9-18-19)21-5-4-17/h6-9H,4-5,10,17H2,1-3H3. The topological polar surface area (TPSA) is 70.1 Å². The van der Waals surface area contributed by atoms with Crippen LogP contribution in [0, 0.1) is 20.8 Å². The van der Waals surface area contributed by atoms with Crippen LogP contribution in [-0.4, -0.2) is 22.9 Å². The Morgan fingerprint density at radius 3 is 2.43 bits per heavy atom. The second kappa shape index (κ2) is 6.54. The summed E-state index contributed by atoms with van der Waals surface area (Å²) in [6.07, 6.45) is 1.55. The molecule has 21 heavy (non-hydrogen) atoms. The molecule has 2 rings (SSSR count). The average molecular weight is 287 g/mol. The highest BCUT2D eigenvalue weighted by Gasteiger charge is 2.07. The van der Waals surface area contributed by atoms with Crippen LogP contribution in [-0.2, 0) is 6.54 Å². The molecule has 0 amide bonds. The van der Waals surface area contributed by atoms with Gasteiger partial charge < -0.3 is 10.5 Å². The highest BCUT2D eigenvalue weighted by atomic mass is 16.5. The van der Waals surface area contributed by atoms with E-state index in [9.17, 15) is 4.79 Å². The van der Waals surface area contributed by atoms with E-state index in [1.165, 1.54) is 27.4 Å².